The quantitative estimate of drug-likeness (QED) is 0.431. The summed E-state index contributed by atoms with van der Waals surface area (Å²) in [5.74, 6) is 1.36. The maximum atomic E-state index is 12.8. The normalized spacial score (nSPS) is 15.6. The van der Waals surface area contributed by atoms with E-state index in [4.69, 9.17) is 6.57 Å². The van der Waals surface area contributed by atoms with Crippen LogP contribution in [0.2, 0.25) is 0 Å². The number of alkyl halides is 3. The summed E-state index contributed by atoms with van der Waals surface area (Å²) in [4.78, 5) is 12.4. The Hall–Kier alpha value is -2.60. The molecule has 1 aromatic carbocycles. The summed E-state index contributed by atoms with van der Waals surface area (Å²) in [6.45, 7) is 9.85. The van der Waals surface area contributed by atoms with Crippen LogP contribution >= 0.6 is 15.9 Å². The van der Waals surface area contributed by atoms with Gasteiger partial charge in [0.05, 0.1) is 16.4 Å². The van der Waals surface area contributed by atoms with E-state index < -0.39 is 11.7 Å². The van der Waals surface area contributed by atoms with Crippen LogP contribution in [0.25, 0.3) is 15.9 Å². The number of fused-ring (bicyclic) bond motifs is 1. The number of aromatic nitrogens is 3. The van der Waals surface area contributed by atoms with Gasteiger partial charge in [-0.1, -0.05) is 46.0 Å². The Morgan fingerprint density at radius 2 is 2.00 bits per heavy atom. The number of hydrogen-bond donors (Lipinski definition) is 1. The summed E-state index contributed by atoms with van der Waals surface area (Å²) < 4.78 is 40.9. The van der Waals surface area contributed by atoms with Gasteiger partial charge in [-0.05, 0) is 43.4 Å². The van der Waals surface area contributed by atoms with E-state index in [1.165, 1.54) is 18.6 Å². The highest BCUT2D eigenvalue weighted by atomic mass is 79.9. The molecule has 1 aliphatic carbocycles. The number of nitrogens with zero attached hydrogens (tertiary/aromatic N) is 4. The fourth-order valence-electron chi connectivity index (χ4n) is 3.67. The van der Waals surface area contributed by atoms with Gasteiger partial charge >= 0.3 is 6.18 Å². The van der Waals surface area contributed by atoms with Crippen molar-refractivity contribution in [2.24, 2.45) is 5.92 Å². The first-order valence-electron chi connectivity index (χ1n) is 9.62. The van der Waals surface area contributed by atoms with E-state index >= 15 is 0 Å². The van der Waals surface area contributed by atoms with Crippen molar-refractivity contribution >= 4 is 38.6 Å². The molecule has 5 nitrogen and oxygen atoms in total. The first-order chi connectivity index (χ1) is 14.3. The maximum absolute atomic E-state index is 12.8. The van der Waals surface area contributed by atoms with E-state index in [9.17, 15) is 13.2 Å². The molecule has 3 aromatic rings. The molecule has 30 heavy (non-hydrogen) atoms. The number of anilines is 1. The summed E-state index contributed by atoms with van der Waals surface area (Å²) in [6.07, 6.45) is 0.809. The van der Waals surface area contributed by atoms with Crippen molar-refractivity contribution in [3.8, 4) is 0 Å². The highest BCUT2D eigenvalue weighted by Crippen LogP contribution is 2.37. The predicted octanol–water partition coefficient (Wildman–Crippen LogP) is 6.41. The monoisotopic (exact) mass is 477 g/mol. The van der Waals surface area contributed by atoms with E-state index in [0.29, 0.717) is 33.8 Å². The molecule has 1 N–H and O–H groups in total. The second-order valence-electron chi connectivity index (χ2n) is 7.60. The van der Waals surface area contributed by atoms with Gasteiger partial charge in [0.1, 0.15) is 11.0 Å². The Balaban J connectivity index is 1.71. The number of hydrogen-bond acceptors (Lipinski definition) is 3. The summed E-state index contributed by atoms with van der Waals surface area (Å²) in [5.41, 5.74) is 1.36. The van der Waals surface area contributed by atoms with Gasteiger partial charge in [0.25, 0.3) is 5.82 Å². The number of halogens is 4. The Labute approximate surface area is 180 Å². The van der Waals surface area contributed by atoms with Crippen molar-refractivity contribution in [2.75, 3.05) is 5.32 Å². The van der Waals surface area contributed by atoms with Crippen LogP contribution in [-0.4, -0.2) is 20.6 Å². The van der Waals surface area contributed by atoms with Gasteiger partial charge in [0, 0.05) is 12.6 Å². The molecule has 156 valence electrons. The molecule has 0 amide bonds. The summed E-state index contributed by atoms with van der Waals surface area (Å²) in [7, 11) is 0. The number of benzene rings is 1. The number of pyridine rings is 1. The fraction of sp³-hybridized carbons (Fsp3) is 0.381. The van der Waals surface area contributed by atoms with E-state index in [1.807, 2.05) is 4.57 Å². The lowest BCUT2D eigenvalue weighted by Gasteiger charge is -2.31. The highest BCUT2D eigenvalue weighted by molar-refractivity contribution is 9.10. The molecular weight excluding hydrogens is 459 g/mol. The molecule has 2 heterocycles. The van der Waals surface area contributed by atoms with Gasteiger partial charge in [0.15, 0.2) is 0 Å². The van der Waals surface area contributed by atoms with Gasteiger partial charge < -0.3 is 14.7 Å². The number of rotatable bonds is 5. The van der Waals surface area contributed by atoms with Crippen molar-refractivity contribution < 1.29 is 13.2 Å². The molecule has 0 aliphatic heterocycles. The molecule has 0 bridgehead atoms. The minimum absolute atomic E-state index is 0.198. The van der Waals surface area contributed by atoms with Crippen molar-refractivity contribution in [3.63, 3.8) is 0 Å². The van der Waals surface area contributed by atoms with Gasteiger partial charge in [0.2, 0.25) is 5.82 Å². The molecule has 1 aliphatic rings. The Bertz CT molecular complexity index is 1110. The van der Waals surface area contributed by atoms with Crippen LogP contribution in [0.3, 0.4) is 0 Å². The minimum Gasteiger partial charge on any atom is -0.360 e. The molecule has 9 heteroatoms. The fourth-order valence-corrected chi connectivity index (χ4v) is 4.14. The summed E-state index contributed by atoms with van der Waals surface area (Å²) >= 11 is 3.42. The van der Waals surface area contributed by atoms with Crippen LogP contribution < -0.4 is 5.32 Å². The summed E-state index contributed by atoms with van der Waals surface area (Å²) in [6, 6.07) is 5.29. The van der Waals surface area contributed by atoms with Crippen molar-refractivity contribution in [1.29, 1.82) is 0 Å². The Kier molecular flexibility index (Phi) is 5.45. The smallest absolute Gasteiger partial charge is 0.360 e. The topological polar surface area (TPSA) is 47.1 Å². The molecule has 1 fully saturated rings. The Morgan fingerprint density at radius 1 is 1.30 bits per heavy atom. The average molecular weight is 478 g/mol. The van der Waals surface area contributed by atoms with E-state index in [1.54, 1.807) is 6.33 Å². The predicted molar refractivity (Wildman–Crippen MR) is 112 cm³/mol. The third-order valence-corrected chi connectivity index (χ3v) is 6.38. The molecular formula is C21H19BrF3N5. The van der Waals surface area contributed by atoms with Crippen molar-refractivity contribution in [2.45, 2.75) is 44.9 Å². The maximum Gasteiger partial charge on any atom is 0.416 e. The van der Waals surface area contributed by atoms with Gasteiger partial charge in [-0.3, -0.25) is 0 Å². The van der Waals surface area contributed by atoms with Crippen LogP contribution in [-0.2, 0) is 12.7 Å². The molecule has 0 saturated heterocycles. The second-order valence-corrected chi connectivity index (χ2v) is 8.39. The van der Waals surface area contributed by atoms with Gasteiger partial charge in [-0.25, -0.2) is 4.98 Å². The zero-order valence-corrected chi connectivity index (χ0v) is 17.8. The molecule has 4 rings (SSSR count). The first-order valence-corrected chi connectivity index (χ1v) is 10.4. The van der Waals surface area contributed by atoms with E-state index in [-0.39, 0.29) is 11.9 Å². The van der Waals surface area contributed by atoms with Crippen LogP contribution in [0.4, 0.5) is 24.8 Å². The Morgan fingerprint density at radius 3 is 2.57 bits per heavy atom. The largest absolute Gasteiger partial charge is 0.416 e. The van der Waals surface area contributed by atoms with E-state index in [0.717, 1.165) is 30.5 Å². The van der Waals surface area contributed by atoms with E-state index in [2.05, 4.69) is 43.0 Å². The average Bonchev–Trinajstić information content (AvgIpc) is 3.06. The lowest BCUT2D eigenvalue weighted by molar-refractivity contribution is -0.137. The van der Waals surface area contributed by atoms with Gasteiger partial charge in [-0.2, -0.15) is 13.2 Å². The number of imidazole rings is 1. The van der Waals surface area contributed by atoms with Crippen molar-refractivity contribution in [1.82, 2.24) is 14.5 Å². The van der Waals surface area contributed by atoms with Crippen LogP contribution in [0.5, 0.6) is 0 Å². The molecule has 0 spiro atoms. The van der Waals surface area contributed by atoms with Crippen molar-refractivity contribution in [3.05, 3.63) is 57.6 Å². The third kappa shape index (κ3) is 3.88. The van der Waals surface area contributed by atoms with Gasteiger partial charge in [-0.15, -0.1) is 0 Å². The number of nitrogens with one attached hydrogen (secondary N) is 1. The molecule has 1 atom stereocenters. The third-order valence-electron chi connectivity index (χ3n) is 5.65. The summed E-state index contributed by atoms with van der Waals surface area (Å²) in [5, 5.41) is 3.45. The zero-order chi connectivity index (χ0) is 21.5. The van der Waals surface area contributed by atoms with Crippen LogP contribution in [0.1, 0.15) is 37.3 Å². The first kappa shape index (κ1) is 20.7. The molecule has 1 saturated carbocycles. The molecule has 2 aromatic heterocycles. The van der Waals surface area contributed by atoms with Crippen LogP contribution in [0.15, 0.2) is 35.1 Å². The zero-order valence-electron chi connectivity index (χ0n) is 16.2. The van der Waals surface area contributed by atoms with Crippen LogP contribution in [0, 0.1) is 12.5 Å². The molecule has 0 unspecified atom stereocenters. The lowest BCUT2D eigenvalue weighted by Crippen LogP contribution is -2.31. The molecule has 0 radical (unpaired) electrons. The lowest BCUT2D eigenvalue weighted by atomic mass is 9.80. The highest BCUT2D eigenvalue weighted by Gasteiger charge is 2.30. The SMILES string of the molecule is [C-]#[N+]c1nc(N[C@H](C)C2CCC2)c2c(ncn2Cc2ccc(C(F)(F)F)cc2)c1Br. The standard InChI is InChI=1S/C21H19BrF3N5/c1-12(14-4-3-5-14)28-20-18-17(16(22)19(26-2)29-20)27-11-30(18)10-13-6-8-15(9-7-13)21(23,24)25/h6-9,11-12,14H,3-5,10H2,1H3,(H,28,29)/t12-/m1/s1. The second kappa shape index (κ2) is 7.91. The minimum atomic E-state index is -4.36.